The summed E-state index contributed by atoms with van der Waals surface area (Å²) in [4.78, 5) is 22.7. The smallest absolute Gasteiger partial charge is 0.309 e. The number of nitrogens with one attached hydrogen (secondary N) is 1. The minimum atomic E-state index is -0.808. The fourth-order valence-corrected chi connectivity index (χ4v) is 0.806. The van der Waals surface area contributed by atoms with Crippen molar-refractivity contribution in [1.29, 1.82) is 0 Å². The molecule has 0 fully saturated rings. The van der Waals surface area contributed by atoms with E-state index >= 15 is 0 Å². The van der Waals surface area contributed by atoms with Gasteiger partial charge in [0.2, 0.25) is 0 Å². The van der Waals surface area contributed by atoms with Crippen LogP contribution in [0.5, 0.6) is 0 Å². The van der Waals surface area contributed by atoms with Gasteiger partial charge in [-0.1, -0.05) is 0 Å². The molecule has 0 unspecified atom stereocenters. The van der Waals surface area contributed by atoms with Crippen LogP contribution < -0.4 is 16.5 Å². The highest BCUT2D eigenvalue weighted by Crippen LogP contribution is 2.12. The first-order valence-electron chi connectivity index (χ1n) is 3.27. The molecule has 0 saturated carbocycles. The third kappa shape index (κ3) is 1.70. The number of aromatic amines is 1. The molecule has 1 rings (SSSR count). The van der Waals surface area contributed by atoms with E-state index in [4.69, 9.17) is 11.5 Å². The van der Waals surface area contributed by atoms with E-state index < -0.39 is 10.8 Å². The lowest BCUT2D eigenvalue weighted by atomic mass is 10.2. The van der Waals surface area contributed by atoms with Crippen LogP contribution in [0.3, 0.4) is 0 Å². The fraction of sp³-hybridized carbons (Fsp3) is 0. The van der Waals surface area contributed by atoms with Gasteiger partial charge in [0, 0.05) is 6.07 Å². The summed E-state index contributed by atoms with van der Waals surface area (Å²) in [7, 11) is 0. The van der Waals surface area contributed by atoms with Crippen LogP contribution in [0.25, 0.3) is 0 Å². The molecule has 7 heteroatoms. The van der Waals surface area contributed by atoms with Crippen LogP contribution in [-0.4, -0.2) is 10.8 Å². The highest BCUT2D eigenvalue weighted by molar-refractivity contribution is 5.96. The molecule has 0 aliphatic rings. The molecule has 0 aromatic carbocycles. The van der Waals surface area contributed by atoms with Gasteiger partial charge in [0.05, 0.1) is 4.92 Å². The van der Waals surface area contributed by atoms with Gasteiger partial charge in [-0.15, -0.1) is 0 Å². The van der Waals surface area contributed by atoms with Crippen molar-refractivity contribution in [2.75, 3.05) is 5.73 Å². The van der Waals surface area contributed by atoms with E-state index in [1.807, 2.05) is 0 Å². The molecule has 5 N–H and O–H groups in total. The summed E-state index contributed by atoms with van der Waals surface area (Å²) >= 11 is 0. The second kappa shape index (κ2) is 3.05. The number of H-pyrrole nitrogens is 1. The normalized spacial score (nSPS) is 9.54. The van der Waals surface area contributed by atoms with E-state index in [0.717, 1.165) is 12.3 Å². The summed E-state index contributed by atoms with van der Waals surface area (Å²) < 4.78 is 0. The minimum absolute atomic E-state index is 0.0121. The molecular weight excluding hydrogens is 176 g/mol. The zero-order chi connectivity index (χ0) is 10.0. The second-order valence-corrected chi connectivity index (χ2v) is 2.31. The molecule has 0 spiro atoms. The molecule has 1 aromatic rings. The Labute approximate surface area is 72.5 Å². The summed E-state index contributed by atoms with van der Waals surface area (Å²) in [5.41, 5.74) is 9.88. The quantitative estimate of drug-likeness (QED) is 0.454. The number of anilines is 1. The van der Waals surface area contributed by atoms with Crippen molar-refractivity contribution >= 4 is 17.4 Å². The molecule has 1 amide bonds. The number of nitro groups is 1. The Morgan fingerprint density at radius 1 is 1.62 bits per heavy atom. The van der Waals surface area contributed by atoms with Crippen LogP contribution in [0, 0.1) is 10.1 Å². The molecule has 68 valence electrons. The highest BCUT2D eigenvalue weighted by Gasteiger charge is 2.17. The molecule has 1 aromatic heterocycles. The first-order valence-corrected chi connectivity index (χ1v) is 3.27. The van der Waals surface area contributed by atoms with Gasteiger partial charge in [0.25, 0.3) is 11.7 Å². The number of aromatic nitrogens is 1. The lowest BCUT2D eigenvalue weighted by Crippen LogP contribution is -2.21. The van der Waals surface area contributed by atoms with Crippen LogP contribution in [0.1, 0.15) is 10.4 Å². The highest BCUT2D eigenvalue weighted by atomic mass is 16.6. The Hall–Kier alpha value is -2.18. The zero-order valence-electron chi connectivity index (χ0n) is 6.48. The van der Waals surface area contributed by atoms with Gasteiger partial charge in [-0.2, -0.15) is 0 Å². The number of hydrogen-bond donors (Lipinski definition) is 2. The monoisotopic (exact) mass is 183 g/mol. The maximum absolute atomic E-state index is 10.7. The molecule has 1 heterocycles. The van der Waals surface area contributed by atoms with Crippen molar-refractivity contribution in [3.63, 3.8) is 0 Å². The minimum Gasteiger partial charge on any atom is -0.365 e. The van der Waals surface area contributed by atoms with Crippen LogP contribution in [0.4, 0.5) is 11.5 Å². The zero-order valence-corrected chi connectivity index (χ0v) is 6.48. The van der Waals surface area contributed by atoms with Gasteiger partial charge in [0.15, 0.2) is 6.20 Å². The molecule has 7 nitrogen and oxygen atoms in total. The molecule has 0 aliphatic carbocycles. The van der Waals surface area contributed by atoms with Crippen LogP contribution in [0.2, 0.25) is 0 Å². The van der Waals surface area contributed by atoms with Crippen molar-refractivity contribution < 1.29 is 14.7 Å². The van der Waals surface area contributed by atoms with E-state index in [-0.39, 0.29) is 17.1 Å². The third-order valence-electron chi connectivity index (χ3n) is 1.43. The number of primary amides is 1. The number of carbonyl (C=O) groups excluding carboxylic acids is 1. The van der Waals surface area contributed by atoms with Crippen molar-refractivity contribution in [3.05, 3.63) is 27.9 Å². The van der Waals surface area contributed by atoms with Crippen molar-refractivity contribution in [2.45, 2.75) is 0 Å². The standard InChI is InChI=1S/C6H6N4O3/c7-5-4(6(8)11)1-3(2-9-5)10(12)13/h1-2H,(H2,7,9)(H2,8,11)/p+1. The van der Waals surface area contributed by atoms with Crippen LogP contribution in [0.15, 0.2) is 12.3 Å². The van der Waals surface area contributed by atoms with Crippen molar-refractivity contribution in [3.8, 4) is 0 Å². The average Bonchev–Trinajstić information content (AvgIpc) is 2.04. The summed E-state index contributed by atoms with van der Waals surface area (Å²) in [5, 5.41) is 10.3. The van der Waals surface area contributed by atoms with Gasteiger partial charge in [-0.3, -0.25) is 20.6 Å². The Morgan fingerprint density at radius 3 is 2.69 bits per heavy atom. The van der Waals surface area contributed by atoms with E-state index in [1.165, 1.54) is 0 Å². The van der Waals surface area contributed by atoms with Crippen LogP contribution >= 0.6 is 0 Å². The number of carbonyl (C=O) groups is 1. The Morgan fingerprint density at radius 2 is 2.23 bits per heavy atom. The SMILES string of the molecule is NC(=O)c1cc([N+](=O)[O-])c[nH+]c1N. The lowest BCUT2D eigenvalue weighted by Gasteiger charge is -1.94. The number of pyridine rings is 1. The van der Waals surface area contributed by atoms with Gasteiger partial charge < -0.3 is 5.73 Å². The van der Waals surface area contributed by atoms with Gasteiger partial charge in [0.1, 0.15) is 5.56 Å². The molecular formula is C6H7N4O3+. The molecule has 0 bridgehead atoms. The van der Waals surface area contributed by atoms with Gasteiger partial charge in [-0.05, 0) is 0 Å². The predicted molar refractivity (Wildman–Crippen MR) is 42.6 cm³/mol. The number of nitrogen functional groups attached to an aromatic ring is 1. The van der Waals surface area contributed by atoms with E-state index in [9.17, 15) is 14.9 Å². The number of amides is 1. The molecule has 13 heavy (non-hydrogen) atoms. The van der Waals surface area contributed by atoms with E-state index in [2.05, 4.69) is 4.98 Å². The van der Waals surface area contributed by atoms with Crippen molar-refractivity contribution in [1.82, 2.24) is 0 Å². The maximum Gasteiger partial charge on any atom is 0.309 e. The Kier molecular flexibility index (Phi) is 2.09. The molecule has 0 aliphatic heterocycles. The van der Waals surface area contributed by atoms with Crippen molar-refractivity contribution in [2.24, 2.45) is 5.73 Å². The topological polar surface area (TPSA) is 126 Å². The Balaban J connectivity index is 3.27. The first-order chi connectivity index (χ1) is 6.02. The number of nitrogens with zero attached hydrogens (tertiary/aromatic N) is 1. The summed E-state index contributed by atoms with van der Waals surface area (Å²) in [6.45, 7) is 0. The van der Waals surface area contributed by atoms with E-state index in [0.29, 0.717) is 0 Å². The number of nitrogens with two attached hydrogens (primary N) is 2. The van der Waals surface area contributed by atoms with E-state index in [1.54, 1.807) is 0 Å². The second-order valence-electron chi connectivity index (χ2n) is 2.31. The molecule has 0 saturated heterocycles. The molecule has 0 radical (unpaired) electrons. The van der Waals surface area contributed by atoms with Gasteiger partial charge >= 0.3 is 5.69 Å². The third-order valence-corrected chi connectivity index (χ3v) is 1.43. The van der Waals surface area contributed by atoms with Gasteiger partial charge in [-0.25, -0.2) is 4.98 Å². The summed E-state index contributed by atoms with van der Waals surface area (Å²) in [6.07, 6.45) is 1.09. The molecule has 0 atom stereocenters. The fourth-order valence-electron chi connectivity index (χ4n) is 0.806. The summed E-state index contributed by atoms with van der Waals surface area (Å²) in [5.74, 6) is -0.796. The first kappa shape index (κ1) is 8.91. The van der Waals surface area contributed by atoms with Crippen LogP contribution in [-0.2, 0) is 0 Å². The largest absolute Gasteiger partial charge is 0.365 e. The number of hydrogen-bond acceptors (Lipinski definition) is 4. The summed E-state index contributed by atoms with van der Waals surface area (Å²) in [6, 6.07) is 1.02. The Bertz CT molecular complexity index is 376. The number of rotatable bonds is 2. The average molecular weight is 183 g/mol. The maximum atomic E-state index is 10.7. The predicted octanol–water partition coefficient (Wildman–Crippen LogP) is -0.910. The lowest BCUT2D eigenvalue weighted by molar-refractivity contribution is -0.413.